The van der Waals surface area contributed by atoms with Gasteiger partial charge in [0.15, 0.2) is 0 Å². The fourth-order valence-electron chi connectivity index (χ4n) is 4.65. The molecule has 6 heteroatoms. The molecule has 27 heavy (non-hydrogen) atoms. The Morgan fingerprint density at radius 2 is 1.67 bits per heavy atom. The van der Waals surface area contributed by atoms with Crippen LogP contribution in [-0.2, 0) is 14.4 Å². The van der Waals surface area contributed by atoms with Crippen LogP contribution in [0.4, 0.5) is 0 Å². The van der Waals surface area contributed by atoms with E-state index in [1.807, 2.05) is 4.90 Å². The highest BCUT2D eigenvalue weighted by Crippen LogP contribution is 2.36. The molecule has 0 spiro atoms. The molecule has 0 aromatic heterocycles. The number of carbonyl (C=O) groups is 3. The molecule has 0 bridgehead atoms. The van der Waals surface area contributed by atoms with Crippen molar-refractivity contribution in [1.29, 1.82) is 0 Å². The van der Waals surface area contributed by atoms with Gasteiger partial charge in [0.25, 0.3) is 0 Å². The van der Waals surface area contributed by atoms with Gasteiger partial charge < -0.3 is 15.1 Å². The third-order valence-electron chi connectivity index (χ3n) is 6.47. The maximum absolute atomic E-state index is 12.8. The van der Waals surface area contributed by atoms with Crippen LogP contribution in [0.15, 0.2) is 0 Å². The van der Waals surface area contributed by atoms with E-state index >= 15 is 0 Å². The number of rotatable bonds is 5. The largest absolute Gasteiger partial charge is 0.345 e. The van der Waals surface area contributed by atoms with E-state index in [0.29, 0.717) is 24.3 Å². The second kappa shape index (κ2) is 9.07. The van der Waals surface area contributed by atoms with E-state index in [1.165, 1.54) is 12.8 Å². The Balaban J connectivity index is 1.55. The molecule has 1 aliphatic carbocycles. The minimum Gasteiger partial charge on any atom is -0.345 e. The van der Waals surface area contributed by atoms with Gasteiger partial charge in [-0.15, -0.1) is 0 Å². The highest BCUT2D eigenvalue weighted by Gasteiger charge is 2.40. The molecule has 2 aliphatic heterocycles. The minimum absolute atomic E-state index is 0.0158. The lowest BCUT2D eigenvalue weighted by Crippen LogP contribution is -2.52. The van der Waals surface area contributed by atoms with E-state index in [-0.39, 0.29) is 17.7 Å². The summed E-state index contributed by atoms with van der Waals surface area (Å²) in [6.07, 6.45) is 9.10. The van der Waals surface area contributed by atoms with Crippen LogP contribution in [0.3, 0.4) is 0 Å². The van der Waals surface area contributed by atoms with Crippen LogP contribution in [0.2, 0.25) is 0 Å². The number of likely N-dealkylation sites (tertiary alicyclic amines) is 2. The highest BCUT2D eigenvalue weighted by atomic mass is 16.2. The van der Waals surface area contributed by atoms with Crippen molar-refractivity contribution in [3.05, 3.63) is 0 Å². The second-order valence-corrected chi connectivity index (χ2v) is 8.53. The van der Waals surface area contributed by atoms with Crippen molar-refractivity contribution < 1.29 is 14.4 Å². The molecule has 6 nitrogen and oxygen atoms in total. The molecule has 0 aromatic rings. The zero-order valence-electron chi connectivity index (χ0n) is 16.9. The topological polar surface area (TPSA) is 69.7 Å². The molecular formula is C21H35N3O3. The molecule has 1 saturated carbocycles. The molecule has 3 rings (SSSR count). The van der Waals surface area contributed by atoms with Crippen LogP contribution in [0, 0.1) is 11.8 Å². The average molecular weight is 378 g/mol. The quantitative estimate of drug-likeness (QED) is 0.799. The molecule has 3 aliphatic rings. The Labute approximate surface area is 163 Å². The van der Waals surface area contributed by atoms with Crippen molar-refractivity contribution in [2.75, 3.05) is 19.6 Å². The first-order valence-corrected chi connectivity index (χ1v) is 10.9. The molecule has 2 saturated heterocycles. The van der Waals surface area contributed by atoms with Crippen molar-refractivity contribution in [2.24, 2.45) is 11.8 Å². The second-order valence-electron chi connectivity index (χ2n) is 8.53. The van der Waals surface area contributed by atoms with E-state index in [0.717, 1.165) is 58.2 Å². The number of amides is 3. The number of piperidine rings is 1. The number of nitrogens with zero attached hydrogens (tertiary/aromatic N) is 2. The highest BCUT2D eigenvalue weighted by molar-refractivity contribution is 5.87. The van der Waals surface area contributed by atoms with E-state index in [1.54, 1.807) is 13.8 Å². The maximum atomic E-state index is 12.8. The normalized spacial score (nSPS) is 25.6. The van der Waals surface area contributed by atoms with Crippen molar-refractivity contribution in [2.45, 2.75) is 83.7 Å². The SMILES string of the molecule is CCC(=O)NC(C)C(=O)N1CCC(C2CCCCCN2C(=O)C2CC2)CC1. The Bertz CT molecular complexity index is 553. The van der Waals surface area contributed by atoms with E-state index in [2.05, 4.69) is 10.2 Å². The number of hydrogen-bond donors (Lipinski definition) is 1. The predicted octanol–water partition coefficient (Wildman–Crippen LogP) is 2.32. The predicted molar refractivity (Wildman–Crippen MR) is 104 cm³/mol. The van der Waals surface area contributed by atoms with Gasteiger partial charge in [-0.2, -0.15) is 0 Å². The summed E-state index contributed by atoms with van der Waals surface area (Å²) in [6.45, 7) is 5.94. The molecule has 152 valence electrons. The minimum atomic E-state index is -0.458. The van der Waals surface area contributed by atoms with E-state index in [4.69, 9.17) is 0 Å². The fraction of sp³-hybridized carbons (Fsp3) is 0.857. The van der Waals surface area contributed by atoms with Crippen LogP contribution < -0.4 is 5.32 Å². The van der Waals surface area contributed by atoms with Gasteiger partial charge >= 0.3 is 0 Å². The summed E-state index contributed by atoms with van der Waals surface area (Å²) in [5, 5.41) is 2.77. The summed E-state index contributed by atoms with van der Waals surface area (Å²) in [6, 6.07) is -0.102. The molecule has 0 aromatic carbocycles. The fourth-order valence-corrected chi connectivity index (χ4v) is 4.65. The Morgan fingerprint density at radius 1 is 0.963 bits per heavy atom. The smallest absolute Gasteiger partial charge is 0.244 e. The van der Waals surface area contributed by atoms with Crippen molar-refractivity contribution in [3.63, 3.8) is 0 Å². The van der Waals surface area contributed by atoms with Gasteiger partial charge in [0.05, 0.1) is 0 Å². The third-order valence-corrected chi connectivity index (χ3v) is 6.47. The lowest BCUT2D eigenvalue weighted by molar-refractivity contribution is -0.139. The van der Waals surface area contributed by atoms with Crippen LogP contribution >= 0.6 is 0 Å². The molecule has 1 N–H and O–H groups in total. The van der Waals surface area contributed by atoms with Crippen molar-refractivity contribution in [1.82, 2.24) is 15.1 Å². The summed E-state index contributed by atoms with van der Waals surface area (Å²) in [7, 11) is 0. The maximum Gasteiger partial charge on any atom is 0.244 e. The Kier molecular flexibility index (Phi) is 6.77. The van der Waals surface area contributed by atoms with Crippen LogP contribution in [0.1, 0.15) is 71.6 Å². The van der Waals surface area contributed by atoms with E-state index in [9.17, 15) is 14.4 Å². The first-order valence-electron chi connectivity index (χ1n) is 10.9. The number of hydrogen-bond acceptors (Lipinski definition) is 3. The molecule has 2 atom stereocenters. The third kappa shape index (κ3) is 5.02. The zero-order valence-corrected chi connectivity index (χ0v) is 16.9. The molecule has 0 radical (unpaired) electrons. The van der Waals surface area contributed by atoms with Crippen LogP contribution in [-0.4, -0.2) is 59.2 Å². The van der Waals surface area contributed by atoms with E-state index < -0.39 is 6.04 Å². The number of nitrogens with one attached hydrogen (secondary N) is 1. The average Bonchev–Trinajstić information content (AvgIpc) is 3.53. The summed E-state index contributed by atoms with van der Waals surface area (Å²) < 4.78 is 0. The van der Waals surface area contributed by atoms with Gasteiger partial charge in [-0.1, -0.05) is 19.8 Å². The molecule has 2 heterocycles. The molecule has 2 unspecified atom stereocenters. The summed E-state index contributed by atoms with van der Waals surface area (Å²) >= 11 is 0. The van der Waals surface area contributed by atoms with Gasteiger partial charge in [-0.25, -0.2) is 0 Å². The van der Waals surface area contributed by atoms with Crippen molar-refractivity contribution >= 4 is 17.7 Å². The standard InChI is InChI=1S/C21H35N3O3/c1-3-19(25)22-15(2)20(26)23-13-10-16(11-14-23)18-7-5-4-6-12-24(18)21(27)17-8-9-17/h15-18H,3-14H2,1-2H3,(H,22,25). The monoisotopic (exact) mass is 377 g/mol. The summed E-state index contributed by atoms with van der Waals surface area (Å²) in [5.41, 5.74) is 0. The molecule has 3 amide bonds. The Hall–Kier alpha value is -1.59. The van der Waals surface area contributed by atoms with Gasteiger partial charge in [-0.05, 0) is 51.4 Å². The van der Waals surface area contributed by atoms with Crippen molar-refractivity contribution in [3.8, 4) is 0 Å². The first kappa shape index (κ1) is 20.2. The summed E-state index contributed by atoms with van der Waals surface area (Å²) in [5.74, 6) is 1.10. The first-order chi connectivity index (χ1) is 13.0. The molecule has 3 fully saturated rings. The van der Waals surface area contributed by atoms with Crippen LogP contribution in [0.5, 0.6) is 0 Å². The molecular weight excluding hydrogens is 342 g/mol. The van der Waals surface area contributed by atoms with Gasteiger partial charge in [-0.3, -0.25) is 14.4 Å². The summed E-state index contributed by atoms with van der Waals surface area (Å²) in [4.78, 5) is 41.0. The Morgan fingerprint density at radius 3 is 2.30 bits per heavy atom. The van der Waals surface area contributed by atoms with Gasteiger partial charge in [0.1, 0.15) is 6.04 Å². The van der Waals surface area contributed by atoms with Crippen LogP contribution in [0.25, 0.3) is 0 Å². The zero-order chi connectivity index (χ0) is 19.4. The number of carbonyl (C=O) groups excluding carboxylic acids is 3. The van der Waals surface area contributed by atoms with Gasteiger partial charge in [0, 0.05) is 38.0 Å². The lowest BCUT2D eigenvalue weighted by atomic mass is 9.85. The van der Waals surface area contributed by atoms with Gasteiger partial charge in [0.2, 0.25) is 17.7 Å². The lowest BCUT2D eigenvalue weighted by Gasteiger charge is -2.41.